The predicted molar refractivity (Wildman–Crippen MR) is 90.8 cm³/mol. The third-order valence-electron chi connectivity index (χ3n) is 3.65. The van der Waals surface area contributed by atoms with Crippen LogP contribution in [0.5, 0.6) is 5.75 Å². The van der Waals surface area contributed by atoms with E-state index in [4.69, 9.17) is 4.74 Å². The maximum atomic E-state index is 12.8. The molecule has 4 nitrogen and oxygen atoms in total. The van der Waals surface area contributed by atoms with Crippen molar-refractivity contribution in [1.29, 1.82) is 0 Å². The molecule has 1 aromatic heterocycles. The lowest BCUT2D eigenvalue weighted by atomic mass is 10.2. The summed E-state index contributed by atoms with van der Waals surface area (Å²) in [6.07, 6.45) is 0. The lowest BCUT2D eigenvalue weighted by molar-refractivity contribution is 0.0764. The second kappa shape index (κ2) is 6.30. The van der Waals surface area contributed by atoms with Crippen LogP contribution in [0, 0.1) is 13.8 Å². The number of aryl methyl sites for hydroxylation is 2. The number of carbonyl (C=O) groups excluding carboxylic acids is 1. The lowest BCUT2D eigenvalue weighted by Gasteiger charge is -2.24. The monoisotopic (exact) mass is 334 g/mol. The summed E-state index contributed by atoms with van der Waals surface area (Å²) in [6, 6.07) is 7.96. The van der Waals surface area contributed by atoms with Crippen LogP contribution < -0.4 is 4.74 Å². The highest BCUT2D eigenvalue weighted by Gasteiger charge is 2.32. The van der Waals surface area contributed by atoms with Crippen molar-refractivity contribution in [2.45, 2.75) is 19.2 Å². The van der Waals surface area contributed by atoms with E-state index < -0.39 is 0 Å². The van der Waals surface area contributed by atoms with E-state index >= 15 is 0 Å². The molecule has 0 spiro atoms. The number of amides is 1. The molecular formula is C16H18N2O2S2. The molecule has 2 heterocycles. The molecule has 2 aromatic rings. The van der Waals surface area contributed by atoms with Crippen LogP contribution in [0.3, 0.4) is 0 Å². The van der Waals surface area contributed by atoms with Crippen molar-refractivity contribution < 1.29 is 9.53 Å². The van der Waals surface area contributed by atoms with Gasteiger partial charge in [-0.1, -0.05) is 12.1 Å². The summed E-state index contributed by atoms with van der Waals surface area (Å²) >= 11 is 3.28. The second-order valence-corrected chi connectivity index (χ2v) is 7.53. The fourth-order valence-electron chi connectivity index (χ4n) is 2.58. The van der Waals surface area contributed by atoms with Crippen molar-refractivity contribution in [3.63, 3.8) is 0 Å². The van der Waals surface area contributed by atoms with Gasteiger partial charge in [0.2, 0.25) is 0 Å². The van der Waals surface area contributed by atoms with E-state index in [-0.39, 0.29) is 11.3 Å². The molecule has 0 radical (unpaired) electrons. The number of nitrogens with zero attached hydrogens (tertiary/aromatic N) is 2. The van der Waals surface area contributed by atoms with Crippen LogP contribution in [0.2, 0.25) is 0 Å². The fraction of sp³-hybridized carbons (Fsp3) is 0.375. The molecule has 1 saturated heterocycles. The van der Waals surface area contributed by atoms with Gasteiger partial charge >= 0.3 is 0 Å². The predicted octanol–water partition coefficient (Wildman–Crippen LogP) is 3.66. The van der Waals surface area contributed by atoms with E-state index in [9.17, 15) is 4.79 Å². The van der Waals surface area contributed by atoms with Crippen molar-refractivity contribution in [2.75, 3.05) is 19.4 Å². The fourth-order valence-corrected chi connectivity index (χ4v) is 4.71. The van der Waals surface area contributed by atoms with Gasteiger partial charge in [0, 0.05) is 12.3 Å². The molecule has 6 heteroatoms. The first-order valence-corrected chi connectivity index (χ1v) is 8.97. The average Bonchev–Trinajstić information content (AvgIpc) is 3.13. The van der Waals surface area contributed by atoms with Gasteiger partial charge in [-0.3, -0.25) is 4.79 Å². The quantitative estimate of drug-likeness (QED) is 0.859. The molecule has 1 fully saturated rings. The Kier molecular flexibility index (Phi) is 4.40. The minimum Gasteiger partial charge on any atom is -0.497 e. The second-order valence-electron chi connectivity index (χ2n) is 5.14. The van der Waals surface area contributed by atoms with Crippen LogP contribution in [-0.4, -0.2) is 35.2 Å². The number of thiazole rings is 1. The third kappa shape index (κ3) is 2.85. The van der Waals surface area contributed by atoms with Gasteiger partial charge in [0.25, 0.3) is 5.91 Å². The molecule has 0 saturated carbocycles. The number of benzene rings is 1. The number of aromatic nitrogens is 1. The molecule has 1 aliphatic rings. The number of methoxy groups -OCH3 is 1. The Balaban J connectivity index is 1.86. The van der Waals surface area contributed by atoms with Gasteiger partial charge in [0.1, 0.15) is 16.0 Å². The van der Waals surface area contributed by atoms with Gasteiger partial charge in [0.05, 0.1) is 17.8 Å². The molecule has 1 unspecified atom stereocenters. The van der Waals surface area contributed by atoms with E-state index in [0.717, 1.165) is 39.2 Å². The van der Waals surface area contributed by atoms with Crippen LogP contribution in [0.15, 0.2) is 24.3 Å². The lowest BCUT2D eigenvalue weighted by Crippen LogP contribution is -2.30. The smallest absolute Gasteiger partial charge is 0.267 e. The molecule has 0 aliphatic carbocycles. The SMILES string of the molecule is COc1ccc(C2SCCN2C(=O)c2sc(C)nc2C)cc1. The van der Waals surface area contributed by atoms with Crippen molar-refractivity contribution in [1.82, 2.24) is 9.88 Å². The van der Waals surface area contributed by atoms with Crippen LogP contribution in [0.1, 0.15) is 31.3 Å². The van der Waals surface area contributed by atoms with Crippen LogP contribution in [0.4, 0.5) is 0 Å². The number of thioether (sulfide) groups is 1. The topological polar surface area (TPSA) is 42.4 Å². The molecule has 116 valence electrons. The molecule has 1 aromatic carbocycles. The standard InChI is InChI=1S/C16H18N2O2S2/c1-10-14(22-11(2)17-10)15(19)18-8-9-21-16(18)12-4-6-13(20-3)7-5-12/h4-7,16H,8-9H2,1-3H3. The Bertz CT molecular complexity index is 682. The molecule has 1 aliphatic heterocycles. The molecule has 0 N–H and O–H groups in total. The average molecular weight is 334 g/mol. The summed E-state index contributed by atoms with van der Waals surface area (Å²) in [7, 11) is 1.66. The van der Waals surface area contributed by atoms with Gasteiger partial charge in [-0.25, -0.2) is 4.98 Å². The highest BCUT2D eigenvalue weighted by Crippen LogP contribution is 2.39. The largest absolute Gasteiger partial charge is 0.497 e. The molecule has 1 amide bonds. The highest BCUT2D eigenvalue weighted by molar-refractivity contribution is 7.99. The van der Waals surface area contributed by atoms with Crippen molar-refractivity contribution in [2.24, 2.45) is 0 Å². The Morgan fingerprint density at radius 2 is 2.05 bits per heavy atom. The number of hydrogen-bond donors (Lipinski definition) is 0. The van der Waals surface area contributed by atoms with E-state index in [1.165, 1.54) is 11.3 Å². The molecule has 1 atom stereocenters. The zero-order chi connectivity index (χ0) is 15.7. The maximum Gasteiger partial charge on any atom is 0.267 e. The summed E-state index contributed by atoms with van der Waals surface area (Å²) in [5.74, 6) is 1.88. The Morgan fingerprint density at radius 3 is 2.64 bits per heavy atom. The first-order chi connectivity index (χ1) is 10.6. The highest BCUT2D eigenvalue weighted by atomic mass is 32.2. The number of ether oxygens (including phenoxy) is 1. The Hall–Kier alpha value is -1.53. The minimum atomic E-state index is 0.0696. The van der Waals surface area contributed by atoms with Gasteiger partial charge in [-0.2, -0.15) is 0 Å². The third-order valence-corrected chi connectivity index (χ3v) is 5.97. The van der Waals surface area contributed by atoms with Crippen LogP contribution >= 0.6 is 23.1 Å². The summed E-state index contributed by atoms with van der Waals surface area (Å²) in [6.45, 7) is 4.62. The van der Waals surface area contributed by atoms with Crippen LogP contribution in [0.25, 0.3) is 0 Å². The van der Waals surface area contributed by atoms with Gasteiger partial charge in [-0.15, -0.1) is 23.1 Å². The number of hydrogen-bond acceptors (Lipinski definition) is 5. The summed E-state index contributed by atoms with van der Waals surface area (Å²) in [5, 5.41) is 1.01. The number of rotatable bonds is 3. The molecule has 22 heavy (non-hydrogen) atoms. The summed E-state index contributed by atoms with van der Waals surface area (Å²) < 4.78 is 5.20. The molecular weight excluding hydrogens is 316 g/mol. The number of carbonyl (C=O) groups is 1. The van der Waals surface area contributed by atoms with Gasteiger partial charge in [0.15, 0.2) is 0 Å². The van der Waals surface area contributed by atoms with Crippen molar-refractivity contribution in [3.8, 4) is 5.75 Å². The van der Waals surface area contributed by atoms with Crippen molar-refractivity contribution in [3.05, 3.63) is 45.4 Å². The van der Waals surface area contributed by atoms with Crippen LogP contribution in [-0.2, 0) is 0 Å². The minimum absolute atomic E-state index is 0.0696. The Morgan fingerprint density at radius 1 is 1.32 bits per heavy atom. The van der Waals surface area contributed by atoms with E-state index in [1.54, 1.807) is 18.9 Å². The Labute approximate surface area is 138 Å². The van der Waals surface area contributed by atoms with E-state index in [0.29, 0.717) is 0 Å². The van der Waals surface area contributed by atoms with Crippen molar-refractivity contribution >= 4 is 29.0 Å². The maximum absolute atomic E-state index is 12.8. The normalized spacial score (nSPS) is 17.8. The summed E-state index contributed by atoms with van der Waals surface area (Å²) in [5.41, 5.74) is 1.97. The first kappa shape index (κ1) is 15.4. The zero-order valence-electron chi connectivity index (χ0n) is 12.8. The summed E-state index contributed by atoms with van der Waals surface area (Å²) in [4.78, 5) is 19.9. The van der Waals surface area contributed by atoms with E-state index in [1.807, 2.05) is 43.0 Å². The van der Waals surface area contributed by atoms with E-state index in [2.05, 4.69) is 4.98 Å². The molecule has 0 bridgehead atoms. The first-order valence-electron chi connectivity index (χ1n) is 7.10. The zero-order valence-corrected chi connectivity index (χ0v) is 14.5. The van der Waals surface area contributed by atoms with Gasteiger partial charge < -0.3 is 9.64 Å². The van der Waals surface area contributed by atoms with Gasteiger partial charge in [-0.05, 0) is 31.5 Å². The molecule has 3 rings (SSSR count).